The maximum absolute atomic E-state index is 11.5. The van der Waals surface area contributed by atoms with Gasteiger partial charge >= 0.3 is 0 Å². The minimum atomic E-state index is -0.00375. The number of rotatable bonds is 2. The average Bonchev–Trinajstić information content (AvgIpc) is 2.50. The molecule has 1 fully saturated rings. The Morgan fingerprint density at radius 3 is 2.76 bits per heavy atom. The third-order valence-electron chi connectivity index (χ3n) is 3.23. The van der Waals surface area contributed by atoms with Gasteiger partial charge in [0.25, 0.3) is 0 Å². The van der Waals surface area contributed by atoms with E-state index in [1.807, 2.05) is 17.0 Å². The van der Waals surface area contributed by atoms with E-state index in [1.165, 1.54) is 6.33 Å². The molecular weight excluding hydrogens is 311 g/mol. The van der Waals surface area contributed by atoms with Crippen molar-refractivity contribution >= 4 is 34.9 Å². The normalized spacial score (nSPS) is 15.0. The third-order valence-corrected chi connectivity index (χ3v) is 3.97. The van der Waals surface area contributed by atoms with Crippen LogP contribution in [0.5, 0.6) is 0 Å². The first-order valence-corrected chi connectivity index (χ1v) is 7.18. The summed E-state index contributed by atoms with van der Waals surface area (Å²) >= 11 is 12.0. The SMILES string of the molecule is O=C1CN(c2cc(-c3ccc(Cl)c(Cl)c3)ncn2)CCN1. The van der Waals surface area contributed by atoms with Crippen LogP contribution in [0.3, 0.4) is 0 Å². The zero-order valence-electron chi connectivity index (χ0n) is 11.0. The van der Waals surface area contributed by atoms with Crippen molar-refractivity contribution in [2.45, 2.75) is 0 Å². The molecule has 7 heteroatoms. The highest BCUT2D eigenvalue weighted by Gasteiger charge is 2.18. The summed E-state index contributed by atoms with van der Waals surface area (Å²) in [5.74, 6) is 0.719. The topological polar surface area (TPSA) is 58.1 Å². The van der Waals surface area contributed by atoms with Crippen molar-refractivity contribution in [2.75, 3.05) is 24.5 Å². The van der Waals surface area contributed by atoms with Gasteiger partial charge < -0.3 is 10.2 Å². The van der Waals surface area contributed by atoms with E-state index < -0.39 is 0 Å². The van der Waals surface area contributed by atoms with Crippen molar-refractivity contribution < 1.29 is 4.79 Å². The molecule has 2 aromatic rings. The predicted molar refractivity (Wildman–Crippen MR) is 82.7 cm³/mol. The molecule has 2 heterocycles. The van der Waals surface area contributed by atoms with Gasteiger partial charge in [0, 0.05) is 24.7 Å². The molecule has 1 aliphatic rings. The number of hydrogen-bond acceptors (Lipinski definition) is 4. The van der Waals surface area contributed by atoms with Gasteiger partial charge in [-0.15, -0.1) is 0 Å². The second-order valence-electron chi connectivity index (χ2n) is 4.66. The van der Waals surface area contributed by atoms with E-state index in [1.54, 1.807) is 12.1 Å². The molecule has 1 saturated heterocycles. The predicted octanol–water partition coefficient (Wildman–Crippen LogP) is 2.39. The Balaban J connectivity index is 1.92. The molecule has 0 unspecified atom stereocenters. The number of piperazine rings is 1. The van der Waals surface area contributed by atoms with Gasteiger partial charge in [-0.1, -0.05) is 29.3 Å². The molecular formula is C14H12Cl2N4O. The van der Waals surface area contributed by atoms with E-state index in [9.17, 15) is 4.79 Å². The second-order valence-corrected chi connectivity index (χ2v) is 5.48. The van der Waals surface area contributed by atoms with Crippen LogP contribution >= 0.6 is 23.2 Å². The van der Waals surface area contributed by atoms with Crippen LogP contribution in [0, 0.1) is 0 Å². The van der Waals surface area contributed by atoms with Gasteiger partial charge in [-0.3, -0.25) is 4.79 Å². The molecule has 1 N–H and O–H groups in total. The van der Waals surface area contributed by atoms with Gasteiger partial charge in [-0.2, -0.15) is 0 Å². The molecule has 0 aliphatic carbocycles. The van der Waals surface area contributed by atoms with Crippen LogP contribution in [0.1, 0.15) is 0 Å². The molecule has 0 radical (unpaired) electrons. The van der Waals surface area contributed by atoms with E-state index in [-0.39, 0.29) is 5.91 Å². The van der Waals surface area contributed by atoms with Crippen molar-refractivity contribution in [3.8, 4) is 11.3 Å². The summed E-state index contributed by atoms with van der Waals surface area (Å²) in [7, 11) is 0. The fraction of sp³-hybridized carbons (Fsp3) is 0.214. The molecule has 1 aromatic heterocycles. The summed E-state index contributed by atoms with van der Waals surface area (Å²) < 4.78 is 0. The highest BCUT2D eigenvalue weighted by molar-refractivity contribution is 6.42. The number of anilines is 1. The standard InChI is InChI=1S/C14H12Cl2N4O/c15-10-2-1-9(5-11(10)16)12-6-13(19-8-18-12)20-4-3-17-14(21)7-20/h1-2,5-6,8H,3-4,7H2,(H,17,21). The number of carbonyl (C=O) groups is 1. The molecule has 0 spiro atoms. The van der Waals surface area contributed by atoms with Crippen LogP contribution in [0.15, 0.2) is 30.6 Å². The Bertz CT molecular complexity index is 692. The fourth-order valence-corrected chi connectivity index (χ4v) is 2.47. The molecule has 3 rings (SSSR count). The number of amides is 1. The lowest BCUT2D eigenvalue weighted by Gasteiger charge is -2.27. The molecule has 5 nitrogen and oxygen atoms in total. The maximum atomic E-state index is 11.5. The molecule has 108 valence electrons. The van der Waals surface area contributed by atoms with Crippen molar-refractivity contribution in [3.63, 3.8) is 0 Å². The lowest BCUT2D eigenvalue weighted by atomic mass is 10.1. The highest BCUT2D eigenvalue weighted by Crippen LogP contribution is 2.28. The molecule has 0 bridgehead atoms. The van der Waals surface area contributed by atoms with Gasteiger partial charge in [-0.05, 0) is 12.1 Å². The highest BCUT2D eigenvalue weighted by atomic mass is 35.5. The van der Waals surface area contributed by atoms with Crippen molar-refractivity contribution in [1.29, 1.82) is 0 Å². The number of benzene rings is 1. The van der Waals surface area contributed by atoms with Gasteiger partial charge in [0.15, 0.2) is 0 Å². The molecule has 1 aromatic carbocycles. The molecule has 1 amide bonds. The first-order valence-electron chi connectivity index (χ1n) is 6.42. The monoisotopic (exact) mass is 322 g/mol. The van der Waals surface area contributed by atoms with Crippen LogP contribution in [0.25, 0.3) is 11.3 Å². The lowest BCUT2D eigenvalue weighted by Crippen LogP contribution is -2.48. The van der Waals surface area contributed by atoms with E-state index >= 15 is 0 Å². The van der Waals surface area contributed by atoms with Gasteiger partial charge in [0.2, 0.25) is 5.91 Å². The number of aromatic nitrogens is 2. The summed E-state index contributed by atoms with van der Waals surface area (Å²) in [5.41, 5.74) is 1.60. The number of carbonyl (C=O) groups excluding carboxylic acids is 1. The minimum Gasteiger partial charge on any atom is -0.353 e. The summed E-state index contributed by atoms with van der Waals surface area (Å²) in [5, 5.41) is 3.77. The Hall–Kier alpha value is -1.85. The van der Waals surface area contributed by atoms with Crippen molar-refractivity contribution in [3.05, 3.63) is 40.6 Å². The molecule has 0 saturated carbocycles. The van der Waals surface area contributed by atoms with Crippen LogP contribution in [-0.4, -0.2) is 35.5 Å². The summed E-state index contributed by atoms with van der Waals surface area (Å²) in [6.45, 7) is 1.65. The Morgan fingerprint density at radius 1 is 1.14 bits per heavy atom. The number of hydrogen-bond donors (Lipinski definition) is 1. The fourth-order valence-electron chi connectivity index (χ4n) is 2.17. The summed E-state index contributed by atoms with van der Waals surface area (Å²) in [6, 6.07) is 7.19. The van der Waals surface area contributed by atoms with E-state index in [0.29, 0.717) is 23.1 Å². The molecule has 1 aliphatic heterocycles. The van der Waals surface area contributed by atoms with Gasteiger partial charge in [-0.25, -0.2) is 9.97 Å². The smallest absolute Gasteiger partial charge is 0.239 e. The number of nitrogens with one attached hydrogen (secondary N) is 1. The second kappa shape index (κ2) is 5.87. The van der Waals surface area contributed by atoms with Crippen molar-refractivity contribution in [1.82, 2.24) is 15.3 Å². The van der Waals surface area contributed by atoms with Crippen LogP contribution in [0.2, 0.25) is 10.0 Å². The summed E-state index contributed by atoms with van der Waals surface area (Å²) in [6.07, 6.45) is 1.49. The minimum absolute atomic E-state index is 0.00375. The first-order chi connectivity index (χ1) is 10.1. The van der Waals surface area contributed by atoms with Crippen LogP contribution in [-0.2, 0) is 4.79 Å². The summed E-state index contributed by atoms with van der Waals surface area (Å²) in [4.78, 5) is 21.9. The Morgan fingerprint density at radius 2 is 2.00 bits per heavy atom. The number of halogens is 2. The van der Waals surface area contributed by atoms with Gasteiger partial charge in [0.1, 0.15) is 12.1 Å². The first kappa shape index (κ1) is 14.1. The van der Waals surface area contributed by atoms with Crippen molar-refractivity contribution in [2.24, 2.45) is 0 Å². The lowest BCUT2D eigenvalue weighted by molar-refractivity contribution is -0.120. The molecule has 0 atom stereocenters. The number of nitrogens with zero attached hydrogens (tertiary/aromatic N) is 3. The third kappa shape index (κ3) is 3.09. The Labute approximate surface area is 131 Å². The van der Waals surface area contributed by atoms with Gasteiger partial charge in [0.05, 0.1) is 22.3 Å². The zero-order valence-corrected chi connectivity index (χ0v) is 12.5. The quantitative estimate of drug-likeness (QED) is 0.922. The molecule has 21 heavy (non-hydrogen) atoms. The average molecular weight is 323 g/mol. The van der Waals surface area contributed by atoms with E-state index in [4.69, 9.17) is 23.2 Å². The van der Waals surface area contributed by atoms with Crippen LogP contribution < -0.4 is 10.2 Å². The van der Waals surface area contributed by atoms with E-state index in [2.05, 4.69) is 15.3 Å². The zero-order chi connectivity index (χ0) is 14.8. The largest absolute Gasteiger partial charge is 0.353 e. The Kier molecular flexibility index (Phi) is 3.94. The van der Waals surface area contributed by atoms with E-state index in [0.717, 1.165) is 23.6 Å². The maximum Gasteiger partial charge on any atom is 0.239 e. The van der Waals surface area contributed by atoms with Crippen LogP contribution in [0.4, 0.5) is 5.82 Å².